The molecule has 1 atom stereocenters. The van der Waals surface area contributed by atoms with E-state index in [9.17, 15) is 4.79 Å². The van der Waals surface area contributed by atoms with Crippen LogP contribution in [0.4, 0.5) is 4.79 Å². The van der Waals surface area contributed by atoms with E-state index in [1.165, 1.54) is 0 Å². The Hall–Kier alpha value is -3.16. The molecule has 0 aliphatic heterocycles. The van der Waals surface area contributed by atoms with Crippen LogP contribution in [0.5, 0.6) is 0 Å². The van der Waals surface area contributed by atoms with E-state index in [1.54, 1.807) is 22.8 Å². The predicted octanol–water partition coefficient (Wildman–Crippen LogP) is 2.99. The Kier molecular flexibility index (Phi) is 5.25. The van der Waals surface area contributed by atoms with Crippen LogP contribution in [-0.4, -0.2) is 37.9 Å². The Morgan fingerprint density at radius 1 is 1.33 bits per heavy atom. The van der Waals surface area contributed by atoms with Gasteiger partial charge in [0.1, 0.15) is 6.04 Å². The molecule has 0 saturated carbocycles. The van der Waals surface area contributed by atoms with Gasteiger partial charge in [-0.05, 0) is 26.3 Å². The topological polar surface area (TPSA) is 89.1 Å². The molecule has 27 heavy (non-hydrogen) atoms. The summed E-state index contributed by atoms with van der Waals surface area (Å²) in [6.45, 7) is 6.25. The molecule has 0 spiro atoms. The van der Waals surface area contributed by atoms with E-state index in [1.807, 2.05) is 52.1 Å². The number of nitrogens with zero attached hydrogens (tertiary/aromatic N) is 5. The number of rotatable bonds is 5. The fraction of sp³-hybridized carbons (Fsp3) is 0.368. The minimum absolute atomic E-state index is 0.221. The van der Waals surface area contributed by atoms with Gasteiger partial charge in [0.2, 0.25) is 11.7 Å². The lowest BCUT2D eigenvalue weighted by atomic mass is 10.1. The van der Waals surface area contributed by atoms with Crippen LogP contribution in [0.3, 0.4) is 0 Å². The maximum atomic E-state index is 12.5. The van der Waals surface area contributed by atoms with E-state index in [0.717, 1.165) is 22.4 Å². The molecule has 1 N–H and O–H groups in total. The molecule has 1 unspecified atom stereocenters. The van der Waals surface area contributed by atoms with Crippen molar-refractivity contribution in [1.29, 1.82) is 0 Å². The highest BCUT2D eigenvalue weighted by Crippen LogP contribution is 2.22. The van der Waals surface area contributed by atoms with Crippen molar-refractivity contribution >= 4 is 6.03 Å². The Morgan fingerprint density at radius 2 is 2.07 bits per heavy atom. The van der Waals surface area contributed by atoms with Crippen molar-refractivity contribution in [2.24, 2.45) is 7.05 Å². The fourth-order valence-corrected chi connectivity index (χ4v) is 2.73. The first-order chi connectivity index (χ1) is 12.9. The van der Waals surface area contributed by atoms with Crippen LogP contribution in [0.25, 0.3) is 11.4 Å². The summed E-state index contributed by atoms with van der Waals surface area (Å²) in [7, 11) is 3.61. The van der Waals surface area contributed by atoms with Crippen LogP contribution < -0.4 is 5.32 Å². The lowest BCUT2D eigenvalue weighted by Gasteiger charge is -2.19. The lowest BCUT2D eigenvalue weighted by Crippen LogP contribution is -2.38. The summed E-state index contributed by atoms with van der Waals surface area (Å²) in [6.07, 6.45) is 1.77. The van der Waals surface area contributed by atoms with Crippen LogP contribution in [-0.2, 0) is 13.6 Å². The van der Waals surface area contributed by atoms with Gasteiger partial charge in [-0.1, -0.05) is 29.4 Å². The number of carbonyl (C=O) groups is 1. The molecule has 3 aromatic rings. The minimum Gasteiger partial charge on any atom is -0.337 e. The molecular formula is C19H24N6O2. The highest BCUT2D eigenvalue weighted by Gasteiger charge is 2.20. The van der Waals surface area contributed by atoms with Gasteiger partial charge in [-0.25, -0.2) is 4.79 Å². The van der Waals surface area contributed by atoms with Crippen molar-refractivity contribution in [3.05, 3.63) is 53.2 Å². The van der Waals surface area contributed by atoms with E-state index in [-0.39, 0.29) is 6.03 Å². The molecule has 1 aromatic carbocycles. The van der Waals surface area contributed by atoms with Crippen LogP contribution in [0.15, 0.2) is 35.0 Å². The van der Waals surface area contributed by atoms with Gasteiger partial charge in [0.25, 0.3) is 0 Å². The Morgan fingerprint density at radius 3 is 2.74 bits per heavy atom. The third-order valence-electron chi connectivity index (χ3n) is 4.63. The normalized spacial score (nSPS) is 12.0. The first-order valence-electron chi connectivity index (χ1n) is 8.75. The summed E-state index contributed by atoms with van der Waals surface area (Å²) in [6, 6.07) is 7.20. The SMILES string of the molecule is Cc1ccccc1-c1noc(C(C)NC(=O)N(C)Cc2cnn(C)c2C)n1. The third kappa shape index (κ3) is 3.99. The quantitative estimate of drug-likeness (QED) is 0.748. The van der Waals surface area contributed by atoms with Gasteiger partial charge < -0.3 is 14.7 Å². The van der Waals surface area contributed by atoms with Gasteiger partial charge in [-0.15, -0.1) is 0 Å². The molecule has 142 valence electrons. The number of aryl methyl sites for hydroxylation is 2. The van der Waals surface area contributed by atoms with Crippen molar-refractivity contribution < 1.29 is 9.32 Å². The summed E-state index contributed by atoms with van der Waals surface area (Å²) in [5.74, 6) is 0.885. The Balaban J connectivity index is 1.65. The second-order valence-corrected chi connectivity index (χ2v) is 6.68. The maximum Gasteiger partial charge on any atom is 0.318 e. The molecule has 8 nitrogen and oxygen atoms in total. The first-order valence-corrected chi connectivity index (χ1v) is 8.75. The Labute approximate surface area is 158 Å². The molecule has 0 aliphatic rings. The Bertz CT molecular complexity index is 945. The van der Waals surface area contributed by atoms with Crippen molar-refractivity contribution in [3.8, 4) is 11.4 Å². The molecule has 0 fully saturated rings. The van der Waals surface area contributed by atoms with Gasteiger partial charge in [0.05, 0.1) is 12.7 Å². The average molecular weight is 368 g/mol. The summed E-state index contributed by atoms with van der Waals surface area (Å²) in [4.78, 5) is 18.5. The number of carbonyl (C=O) groups excluding carboxylic acids is 1. The molecule has 0 aliphatic carbocycles. The maximum absolute atomic E-state index is 12.5. The zero-order valence-electron chi connectivity index (χ0n) is 16.2. The van der Waals surface area contributed by atoms with Crippen molar-refractivity contribution in [3.63, 3.8) is 0 Å². The fourth-order valence-electron chi connectivity index (χ4n) is 2.73. The molecule has 8 heteroatoms. The van der Waals surface area contributed by atoms with Crippen LogP contribution in [0.2, 0.25) is 0 Å². The number of benzene rings is 1. The number of aromatic nitrogens is 4. The van der Waals surface area contributed by atoms with E-state index in [0.29, 0.717) is 18.3 Å². The largest absolute Gasteiger partial charge is 0.337 e. The van der Waals surface area contributed by atoms with E-state index in [4.69, 9.17) is 4.52 Å². The average Bonchev–Trinajstić information content (AvgIpc) is 3.25. The minimum atomic E-state index is -0.403. The number of urea groups is 1. The number of hydrogen-bond acceptors (Lipinski definition) is 5. The number of hydrogen-bond donors (Lipinski definition) is 1. The van der Waals surface area contributed by atoms with Gasteiger partial charge >= 0.3 is 6.03 Å². The third-order valence-corrected chi connectivity index (χ3v) is 4.63. The molecule has 2 aromatic heterocycles. The molecule has 2 amide bonds. The molecule has 3 rings (SSSR count). The van der Waals surface area contributed by atoms with E-state index >= 15 is 0 Å². The summed E-state index contributed by atoms with van der Waals surface area (Å²) in [5, 5.41) is 11.1. The molecule has 2 heterocycles. The monoisotopic (exact) mass is 368 g/mol. The number of amides is 2. The second kappa shape index (κ2) is 7.61. The zero-order chi connectivity index (χ0) is 19.6. The summed E-state index contributed by atoms with van der Waals surface area (Å²) in [5.41, 5.74) is 4.01. The zero-order valence-corrected chi connectivity index (χ0v) is 16.2. The first kappa shape index (κ1) is 18.6. The summed E-state index contributed by atoms with van der Waals surface area (Å²) < 4.78 is 7.14. The predicted molar refractivity (Wildman–Crippen MR) is 101 cm³/mol. The van der Waals surface area contributed by atoms with Gasteiger partial charge in [0.15, 0.2) is 0 Å². The van der Waals surface area contributed by atoms with Gasteiger partial charge in [-0.3, -0.25) is 4.68 Å². The van der Waals surface area contributed by atoms with Crippen molar-refractivity contribution in [2.45, 2.75) is 33.4 Å². The van der Waals surface area contributed by atoms with Crippen molar-refractivity contribution in [2.75, 3.05) is 7.05 Å². The van der Waals surface area contributed by atoms with Crippen LogP contribution >= 0.6 is 0 Å². The van der Waals surface area contributed by atoms with Gasteiger partial charge in [0, 0.05) is 30.9 Å². The highest BCUT2D eigenvalue weighted by molar-refractivity contribution is 5.74. The molecule has 0 saturated heterocycles. The molecular weight excluding hydrogens is 344 g/mol. The molecule has 0 radical (unpaired) electrons. The second-order valence-electron chi connectivity index (χ2n) is 6.68. The van der Waals surface area contributed by atoms with Crippen molar-refractivity contribution in [1.82, 2.24) is 30.1 Å². The molecule has 0 bridgehead atoms. The van der Waals surface area contributed by atoms with E-state index < -0.39 is 6.04 Å². The lowest BCUT2D eigenvalue weighted by molar-refractivity contribution is 0.200. The van der Waals surface area contributed by atoms with Crippen LogP contribution in [0.1, 0.15) is 35.7 Å². The van der Waals surface area contributed by atoms with E-state index in [2.05, 4.69) is 20.6 Å². The highest BCUT2D eigenvalue weighted by atomic mass is 16.5. The van der Waals surface area contributed by atoms with Gasteiger partial charge in [-0.2, -0.15) is 10.1 Å². The van der Waals surface area contributed by atoms with Crippen LogP contribution in [0, 0.1) is 13.8 Å². The summed E-state index contributed by atoms with van der Waals surface area (Å²) >= 11 is 0. The number of nitrogens with one attached hydrogen (secondary N) is 1. The smallest absolute Gasteiger partial charge is 0.318 e. The standard InChI is InChI=1S/C19H24N6O2/c1-12-8-6-7-9-16(12)17-22-18(27-23-17)13(2)21-19(26)24(4)11-15-10-20-25(5)14(15)3/h6-10,13H,11H2,1-5H3,(H,21,26).